The number of hydrogen-bond acceptors (Lipinski definition) is 3. The van der Waals surface area contributed by atoms with Crippen LogP contribution in [0.4, 0.5) is 0 Å². The Bertz CT molecular complexity index is 903. The first-order chi connectivity index (χ1) is 12.8. The Kier molecular flexibility index (Phi) is 4.44. The summed E-state index contributed by atoms with van der Waals surface area (Å²) in [6, 6.07) is 25.2. The lowest BCUT2D eigenvalue weighted by atomic mass is 9.81. The average molecular weight is 344 g/mol. The summed E-state index contributed by atoms with van der Waals surface area (Å²) in [5.41, 5.74) is 2.56. The lowest BCUT2D eigenvalue weighted by Crippen LogP contribution is -2.30. The molecule has 0 radical (unpaired) electrons. The monoisotopic (exact) mass is 344 g/mol. The topological polar surface area (TPSA) is 35.5 Å². The molecular formula is C23H20O3. The van der Waals surface area contributed by atoms with Crippen LogP contribution in [-0.2, 0) is 0 Å². The summed E-state index contributed by atoms with van der Waals surface area (Å²) < 4.78 is 11.9. The molecule has 0 bridgehead atoms. The van der Waals surface area contributed by atoms with E-state index in [1.165, 1.54) is 0 Å². The summed E-state index contributed by atoms with van der Waals surface area (Å²) in [6.07, 6.45) is -0.365. The molecule has 26 heavy (non-hydrogen) atoms. The van der Waals surface area contributed by atoms with Gasteiger partial charge in [0.25, 0.3) is 0 Å². The van der Waals surface area contributed by atoms with Crippen LogP contribution in [0.3, 0.4) is 0 Å². The summed E-state index contributed by atoms with van der Waals surface area (Å²) in [5, 5.41) is 0. The van der Waals surface area contributed by atoms with Gasteiger partial charge in [0.05, 0.1) is 18.1 Å². The van der Waals surface area contributed by atoms with E-state index in [1.54, 1.807) is 6.07 Å². The lowest BCUT2D eigenvalue weighted by molar-refractivity contribution is 0.0781. The highest BCUT2D eigenvalue weighted by Crippen LogP contribution is 2.44. The number of ether oxygens (including phenoxy) is 2. The van der Waals surface area contributed by atoms with Crippen molar-refractivity contribution in [3.8, 4) is 11.5 Å². The first-order valence-electron chi connectivity index (χ1n) is 8.85. The van der Waals surface area contributed by atoms with Crippen molar-refractivity contribution < 1.29 is 14.3 Å². The summed E-state index contributed by atoms with van der Waals surface area (Å²) in [7, 11) is 0. The predicted molar refractivity (Wildman–Crippen MR) is 101 cm³/mol. The van der Waals surface area contributed by atoms with Crippen LogP contribution in [0.15, 0.2) is 78.9 Å². The molecule has 0 amide bonds. The molecule has 0 aromatic heterocycles. The van der Waals surface area contributed by atoms with Crippen LogP contribution in [0.25, 0.3) is 0 Å². The SMILES string of the molecule is CCOc1ccc2c(c1)O[C@H](c1ccccc1)[C@@H](c1ccccc1)C2=O. The minimum Gasteiger partial charge on any atom is -0.494 e. The van der Waals surface area contributed by atoms with E-state index in [0.717, 1.165) is 11.1 Å². The van der Waals surface area contributed by atoms with Crippen molar-refractivity contribution >= 4 is 5.78 Å². The van der Waals surface area contributed by atoms with E-state index in [1.807, 2.05) is 79.7 Å². The maximum Gasteiger partial charge on any atom is 0.178 e. The van der Waals surface area contributed by atoms with E-state index in [4.69, 9.17) is 9.47 Å². The second-order valence-corrected chi connectivity index (χ2v) is 6.29. The van der Waals surface area contributed by atoms with Crippen molar-refractivity contribution in [2.45, 2.75) is 18.9 Å². The van der Waals surface area contributed by atoms with Gasteiger partial charge in [0.15, 0.2) is 5.78 Å². The van der Waals surface area contributed by atoms with Crippen LogP contribution in [0.2, 0.25) is 0 Å². The first-order valence-corrected chi connectivity index (χ1v) is 8.85. The summed E-state index contributed by atoms with van der Waals surface area (Å²) in [6.45, 7) is 2.51. The molecule has 2 atom stereocenters. The Balaban J connectivity index is 1.82. The Morgan fingerprint density at radius 1 is 0.885 bits per heavy atom. The number of hydrogen-bond donors (Lipinski definition) is 0. The number of carbonyl (C=O) groups excluding carboxylic acids is 1. The first kappa shape index (κ1) is 16.4. The van der Waals surface area contributed by atoms with Gasteiger partial charge in [-0.25, -0.2) is 0 Å². The van der Waals surface area contributed by atoms with Crippen molar-refractivity contribution in [1.29, 1.82) is 0 Å². The van der Waals surface area contributed by atoms with Gasteiger partial charge in [-0.1, -0.05) is 60.7 Å². The van der Waals surface area contributed by atoms with Gasteiger partial charge in [-0.3, -0.25) is 4.79 Å². The maximum absolute atomic E-state index is 13.3. The van der Waals surface area contributed by atoms with Gasteiger partial charge in [0.2, 0.25) is 0 Å². The number of Topliss-reactive ketones (excluding diaryl/α,β-unsaturated/α-hetero) is 1. The van der Waals surface area contributed by atoms with Crippen molar-refractivity contribution in [3.05, 3.63) is 95.6 Å². The van der Waals surface area contributed by atoms with Crippen LogP contribution in [0.1, 0.15) is 40.4 Å². The zero-order valence-corrected chi connectivity index (χ0v) is 14.6. The number of ketones is 1. The second kappa shape index (κ2) is 7.04. The minimum absolute atomic E-state index is 0.0781. The highest BCUT2D eigenvalue weighted by Gasteiger charge is 2.39. The van der Waals surface area contributed by atoms with Crippen LogP contribution < -0.4 is 9.47 Å². The maximum atomic E-state index is 13.3. The normalized spacial score (nSPS) is 18.7. The Morgan fingerprint density at radius 2 is 1.54 bits per heavy atom. The third kappa shape index (κ3) is 2.97. The van der Waals surface area contributed by atoms with Crippen molar-refractivity contribution in [2.24, 2.45) is 0 Å². The van der Waals surface area contributed by atoms with Crippen molar-refractivity contribution in [1.82, 2.24) is 0 Å². The van der Waals surface area contributed by atoms with E-state index < -0.39 is 0 Å². The smallest absolute Gasteiger partial charge is 0.178 e. The number of carbonyl (C=O) groups is 1. The third-order valence-electron chi connectivity index (χ3n) is 4.66. The van der Waals surface area contributed by atoms with Gasteiger partial charge in [-0.15, -0.1) is 0 Å². The lowest BCUT2D eigenvalue weighted by Gasteiger charge is -2.33. The fourth-order valence-electron chi connectivity index (χ4n) is 3.46. The quantitative estimate of drug-likeness (QED) is 0.654. The third-order valence-corrected chi connectivity index (χ3v) is 4.66. The molecule has 0 fully saturated rings. The number of benzene rings is 3. The molecule has 0 saturated carbocycles. The fraction of sp³-hybridized carbons (Fsp3) is 0.174. The highest BCUT2D eigenvalue weighted by atomic mass is 16.5. The number of rotatable bonds is 4. The molecule has 130 valence electrons. The molecule has 0 N–H and O–H groups in total. The predicted octanol–water partition coefficient (Wildman–Crippen LogP) is 5.19. The molecule has 3 nitrogen and oxygen atoms in total. The summed E-state index contributed by atoms with van der Waals surface area (Å²) in [4.78, 5) is 13.3. The molecule has 3 heteroatoms. The van der Waals surface area contributed by atoms with E-state index in [0.29, 0.717) is 23.7 Å². The Morgan fingerprint density at radius 3 is 2.19 bits per heavy atom. The van der Waals surface area contributed by atoms with Crippen LogP contribution in [0.5, 0.6) is 11.5 Å². The largest absolute Gasteiger partial charge is 0.494 e. The van der Waals surface area contributed by atoms with E-state index in [2.05, 4.69) is 0 Å². The summed E-state index contributed by atoms with van der Waals surface area (Å²) >= 11 is 0. The Hall–Kier alpha value is -3.07. The van der Waals surface area contributed by atoms with E-state index >= 15 is 0 Å². The van der Waals surface area contributed by atoms with Crippen LogP contribution in [-0.4, -0.2) is 12.4 Å². The molecule has 1 aliphatic rings. The van der Waals surface area contributed by atoms with E-state index in [9.17, 15) is 4.79 Å². The molecule has 0 unspecified atom stereocenters. The molecule has 1 heterocycles. The van der Waals surface area contributed by atoms with Gasteiger partial charge in [0.1, 0.15) is 17.6 Å². The highest BCUT2D eigenvalue weighted by molar-refractivity contribution is 6.04. The van der Waals surface area contributed by atoms with Crippen molar-refractivity contribution in [2.75, 3.05) is 6.61 Å². The zero-order valence-electron chi connectivity index (χ0n) is 14.6. The molecule has 3 aromatic carbocycles. The molecule has 3 aromatic rings. The average Bonchev–Trinajstić information content (AvgIpc) is 2.69. The van der Waals surface area contributed by atoms with Gasteiger partial charge >= 0.3 is 0 Å². The second-order valence-electron chi connectivity index (χ2n) is 6.29. The van der Waals surface area contributed by atoms with Gasteiger partial charge < -0.3 is 9.47 Å². The molecule has 1 aliphatic heterocycles. The molecular weight excluding hydrogens is 324 g/mol. The molecule has 0 spiro atoms. The van der Waals surface area contributed by atoms with Gasteiger partial charge in [-0.2, -0.15) is 0 Å². The minimum atomic E-state index is -0.371. The van der Waals surface area contributed by atoms with Gasteiger partial charge in [-0.05, 0) is 30.2 Å². The van der Waals surface area contributed by atoms with Crippen molar-refractivity contribution in [3.63, 3.8) is 0 Å². The summed E-state index contributed by atoms with van der Waals surface area (Å²) in [5.74, 6) is 1.00. The fourth-order valence-corrected chi connectivity index (χ4v) is 3.46. The van der Waals surface area contributed by atoms with E-state index in [-0.39, 0.29) is 17.8 Å². The molecule has 0 saturated heterocycles. The van der Waals surface area contributed by atoms with Gasteiger partial charge in [0, 0.05) is 6.07 Å². The molecule has 0 aliphatic carbocycles. The van der Waals surface area contributed by atoms with Crippen LogP contribution in [0, 0.1) is 0 Å². The number of fused-ring (bicyclic) bond motifs is 1. The Labute approximate surface area is 153 Å². The van der Waals surface area contributed by atoms with Crippen LogP contribution >= 0.6 is 0 Å². The zero-order chi connectivity index (χ0) is 17.9. The molecule has 4 rings (SSSR count). The standard InChI is InChI=1S/C23H20O3/c1-2-25-18-13-14-19-20(15-18)26-23(17-11-7-4-8-12-17)21(22(19)24)16-9-5-3-6-10-16/h3-15,21,23H,2H2,1H3/t21-,23+/m0/s1.